The number of rotatable bonds is 0. The van der Waals surface area contributed by atoms with Gasteiger partial charge in [0.2, 0.25) is 0 Å². The van der Waals surface area contributed by atoms with E-state index in [9.17, 15) is 0 Å². The van der Waals surface area contributed by atoms with E-state index in [2.05, 4.69) is 12.2 Å². The molecule has 2 aliphatic heterocycles. The molecule has 2 fully saturated rings. The van der Waals surface area contributed by atoms with Crippen LogP contribution in [0.3, 0.4) is 0 Å². The zero-order valence-corrected chi connectivity index (χ0v) is 10.8. The standard InChI is InChI=1S/C9H17N.2C2H6/c1-7-5-8-3-2-4-9(6-7)10-8;2*1-2/h7-10H,2-6H2,1H3;2*1-2H3. The molecule has 2 bridgehead atoms. The minimum atomic E-state index is 0.877. The normalized spacial score (nSPS) is 34.5. The molecule has 2 heterocycles. The van der Waals surface area contributed by atoms with Gasteiger partial charge in [0.25, 0.3) is 0 Å². The lowest BCUT2D eigenvalue weighted by molar-refractivity contribution is 0.196. The van der Waals surface area contributed by atoms with Gasteiger partial charge in [-0.1, -0.05) is 41.0 Å². The minimum Gasteiger partial charge on any atom is -0.311 e. The number of nitrogens with one attached hydrogen (secondary N) is 1. The molecule has 0 spiro atoms. The van der Waals surface area contributed by atoms with Crippen molar-refractivity contribution < 1.29 is 0 Å². The van der Waals surface area contributed by atoms with Crippen molar-refractivity contribution in [1.82, 2.24) is 5.32 Å². The minimum absolute atomic E-state index is 0.877. The molecule has 0 aromatic heterocycles. The highest BCUT2D eigenvalue weighted by Crippen LogP contribution is 2.28. The van der Waals surface area contributed by atoms with E-state index in [0.717, 1.165) is 18.0 Å². The van der Waals surface area contributed by atoms with Crippen molar-refractivity contribution in [2.75, 3.05) is 0 Å². The van der Waals surface area contributed by atoms with Gasteiger partial charge in [0.15, 0.2) is 0 Å². The first-order valence-electron chi connectivity index (χ1n) is 6.60. The Kier molecular flexibility index (Phi) is 8.26. The third kappa shape index (κ3) is 4.45. The van der Waals surface area contributed by atoms with E-state index in [1.165, 1.54) is 32.1 Å². The highest BCUT2D eigenvalue weighted by molar-refractivity contribution is 4.87. The lowest BCUT2D eigenvalue weighted by Gasteiger charge is -2.39. The van der Waals surface area contributed by atoms with Crippen LogP contribution < -0.4 is 5.32 Å². The van der Waals surface area contributed by atoms with Crippen LogP contribution in [0.4, 0.5) is 0 Å². The van der Waals surface area contributed by atoms with Crippen LogP contribution in [0, 0.1) is 5.92 Å². The van der Waals surface area contributed by atoms with Gasteiger partial charge in [-0.15, -0.1) is 0 Å². The largest absolute Gasteiger partial charge is 0.311 e. The molecule has 0 radical (unpaired) electrons. The number of fused-ring (bicyclic) bond motifs is 2. The first-order valence-corrected chi connectivity index (χ1v) is 6.60. The van der Waals surface area contributed by atoms with Crippen molar-refractivity contribution in [2.24, 2.45) is 5.92 Å². The predicted octanol–water partition coefficient (Wildman–Crippen LogP) is 3.98. The van der Waals surface area contributed by atoms with Crippen molar-refractivity contribution in [3.63, 3.8) is 0 Å². The smallest absolute Gasteiger partial charge is 0.00722 e. The van der Waals surface area contributed by atoms with E-state index in [1.54, 1.807) is 0 Å². The Morgan fingerprint density at radius 2 is 1.29 bits per heavy atom. The summed E-state index contributed by atoms with van der Waals surface area (Å²) in [5.41, 5.74) is 0. The molecule has 1 nitrogen and oxygen atoms in total. The van der Waals surface area contributed by atoms with Crippen LogP contribution in [-0.2, 0) is 0 Å². The van der Waals surface area contributed by atoms with Crippen molar-refractivity contribution in [3.05, 3.63) is 0 Å². The van der Waals surface area contributed by atoms with Crippen LogP contribution >= 0.6 is 0 Å². The molecule has 0 amide bonds. The van der Waals surface area contributed by atoms with E-state index in [4.69, 9.17) is 0 Å². The van der Waals surface area contributed by atoms with E-state index in [-0.39, 0.29) is 0 Å². The fourth-order valence-electron chi connectivity index (χ4n) is 2.55. The monoisotopic (exact) mass is 199 g/mol. The molecule has 1 N–H and O–H groups in total. The molecule has 2 rings (SSSR count). The average molecular weight is 199 g/mol. The van der Waals surface area contributed by atoms with Gasteiger partial charge in [-0.2, -0.15) is 0 Å². The quantitative estimate of drug-likeness (QED) is 0.622. The van der Waals surface area contributed by atoms with Crippen LogP contribution in [-0.4, -0.2) is 12.1 Å². The second kappa shape index (κ2) is 8.28. The first-order chi connectivity index (χ1) is 6.84. The molecule has 1 heteroatoms. The maximum atomic E-state index is 3.68. The molecular formula is C13H29N. The van der Waals surface area contributed by atoms with Crippen LogP contribution in [0.25, 0.3) is 0 Å². The lowest BCUT2D eigenvalue weighted by atomic mass is 9.81. The highest BCUT2D eigenvalue weighted by atomic mass is 15.0. The second-order valence-corrected chi connectivity index (χ2v) is 4.07. The molecule has 0 saturated carbocycles. The fourth-order valence-corrected chi connectivity index (χ4v) is 2.55. The molecule has 0 aromatic carbocycles. The molecule has 0 aliphatic carbocycles. The summed E-state index contributed by atoms with van der Waals surface area (Å²) in [6, 6.07) is 1.75. The SMILES string of the molecule is CC.CC.CC1CC2CCCC(C1)N2. The molecule has 2 unspecified atom stereocenters. The number of piperidine rings is 2. The predicted molar refractivity (Wildman–Crippen MR) is 65.7 cm³/mol. The molecule has 2 saturated heterocycles. The van der Waals surface area contributed by atoms with E-state index >= 15 is 0 Å². The van der Waals surface area contributed by atoms with Crippen LogP contribution in [0.5, 0.6) is 0 Å². The molecule has 0 aromatic rings. The van der Waals surface area contributed by atoms with Gasteiger partial charge in [-0.3, -0.25) is 0 Å². The van der Waals surface area contributed by atoms with Gasteiger partial charge in [0, 0.05) is 12.1 Å². The second-order valence-electron chi connectivity index (χ2n) is 4.07. The van der Waals surface area contributed by atoms with E-state index < -0.39 is 0 Å². The lowest BCUT2D eigenvalue weighted by Crippen LogP contribution is -2.47. The Labute approximate surface area is 90.7 Å². The highest BCUT2D eigenvalue weighted by Gasteiger charge is 2.28. The summed E-state index contributed by atoms with van der Waals surface area (Å²) in [7, 11) is 0. The van der Waals surface area contributed by atoms with Gasteiger partial charge in [-0.25, -0.2) is 0 Å². The maximum Gasteiger partial charge on any atom is 0.00722 e. The summed E-state index contributed by atoms with van der Waals surface area (Å²) < 4.78 is 0. The molecular weight excluding hydrogens is 170 g/mol. The molecule has 86 valence electrons. The summed E-state index contributed by atoms with van der Waals surface area (Å²) in [6.07, 6.45) is 7.18. The first kappa shape index (κ1) is 14.0. The third-order valence-corrected chi connectivity index (χ3v) is 2.95. The number of hydrogen-bond donors (Lipinski definition) is 1. The molecule has 14 heavy (non-hydrogen) atoms. The van der Waals surface area contributed by atoms with Crippen LogP contribution in [0.2, 0.25) is 0 Å². The zero-order valence-electron chi connectivity index (χ0n) is 10.8. The zero-order chi connectivity index (χ0) is 11.0. The molecule has 2 aliphatic rings. The average Bonchev–Trinajstić information content (AvgIpc) is 2.23. The van der Waals surface area contributed by atoms with Gasteiger partial charge < -0.3 is 5.32 Å². The van der Waals surface area contributed by atoms with E-state index in [0.29, 0.717) is 0 Å². The Bertz CT molecular complexity index is 106. The summed E-state index contributed by atoms with van der Waals surface area (Å²) in [4.78, 5) is 0. The third-order valence-electron chi connectivity index (χ3n) is 2.95. The Morgan fingerprint density at radius 1 is 0.857 bits per heavy atom. The van der Waals surface area contributed by atoms with Gasteiger partial charge in [-0.05, 0) is 31.6 Å². The summed E-state index contributed by atoms with van der Waals surface area (Å²) in [5.74, 6) is 0.983. The van der Waals surface area contributed by atoms with Crippen LogP contribution in [0.15, 0.2) is 0 Å². The van der Waals surface area contributed by atoms with Gasteiger partial charge >= 0.3 is 0 Å². The summed E-state index contributed by atoms with van der Waals surface area (Å²) in [5, 5.41) is 3.68. The fraction of sp³-hybridized carbons (Fsp3) is 1.00. The van der Waals surface area contributed by atoms with Crippen molar-refractivity contribution in [2.45, 2.75) is 78.8 Å². The summed E-state index contributed by atoms with van der Waals surface area (Å²) in [6.45, 7) is 10.4. The molecule has 2 atom stereocenters. The van der Waals surface area contributed by atoms with Crippen molar-refractivity contribution >= 4 is 0 Å². The number of hydrogen-bond acceptors (Lipinski definition) is 1. The van der Waals surface area contributed by atoms with Gasteiger partial charge in [0.1, 0.15) is 0 Å². The Morgan fingerprint density at radius 3 is 1.71 bits per heavy atom. The van der Waals surface area contributed by atoms with Crippen molar-refractivity contribution in [1.29, 1.82) is 0 Å². The Hall–Kier alpha value is -0.0400. The summed E-state index contributed by atoms with van der Waals surface area (Å²) >= 11 is 0. The van der Waals surface area contributed by atoms with Crippen LogP contribution in [0.1, 0.15) is 66.7 Å². The topological polar surface area (TPSA) is 12.0 Å². The van der Waals surface area contributed by atoms with Gasteiger partial charge in [0.05, 0.1) is 0 Å². The van der Waals surface area contributed by atoms with Crippen molar-refractivity contribution in [3.8, 4) is 0 Å². The van der Waals surface area contributed by atoms with E-state index in [1.807, 2.05) is 27.7 Å². The maximum absolute atomic E-state index is 3.68. The Balaban J connectivity index is 0.000000379.